The molecule has 2 N–H and O–H groups in total. The Kier molecular flexibility index (Phi) is 4.37. The first-order chi connectivity index (χ1) is 9.13. The summed E-state index contributed by atoms with van der Waals surface area (Å²) in [6, 6.07) is 5.87. The molecular formula is C14H19FN2O2. The predicted octanol–water partition coefficient (Wildman–Crippen LogP) is 1.29. The molecule has 0 bridgehead atoms. The second-order valence-electron chi connectivity index (χ2n) is 4.84. The maximum atomic E-state index is 13.0. The van der Waals surface area contributed by atoms with Gasteiger partial charge in [0.1, 0.15) is 11.9 Å². The Morgan fingerprint density at radius 1 is 1.42 bits per heavy atom. The molecule has 1 fully saturated rings. The smallest absolute Gasteiger partial charge is 0.242 e. The van der Waals surface area contributed by atoms with E-state index in [4.69, 9.17) is 5.11 Å². The van der Waals surface area contributed by atoms with Crippen LogP contribution in [0, 0.1) is 5.82 Å². The van der Waals surface area contributed by atoms with Crippen LogP contribution in [-0.4, -0.2) is 36.2 Å². The summed E-state index contributed by atoms with van der Waals surface area (Å²) in [6.07, 6.45) is 1.19. The van der Waals surface area contributed by atoms with E-state index in [9.17, 15) is 9.18 Å². The lowest BCUT2D eigenvalue weighted by molar-refractivity contribution is -0.122. The second-order valence-corrected chi connectivity index (χ2v) is 4.84. The van der Waals surface area contributed by atoms with Gasteiger partial charge in [-0.2, -0.15) is 0 Å². The Labute approximate surface area is 112 Å². The number of amides is 1. The van der Waals surface area contributed by atoms with Gasteiger partial charge in [0.25, 0.3) is 0 Å². The van der Waals surface area contributed by atoms with E-state index in [-0.39, 0.29) is 24.4 Å². The van der Waals surface area contributed by atoms with Gasteiger partial charge >= 0.3 is 0 Å². The number of halogens is 1. The largest absolute Gasteiger partial charge is 0.396 e. The van der Waals surface area contributed by atoms with Crippen molar-refractivity contribution in [2.75, 3.05) is 18.1 Å². The molecule has 0 spiro atoms. The van der Waals surface area contributed by atoms with Gasteiger partial charge in [-0.3, -0.25) is 4.79 Å². The number of hydrogen-bond donors (Lipinski definition) is 2. The van der Waals surface area contributed by atoms with Gasteiger partial charge < -0.3 is 15.3 Å². The van der Waals surface area contributed by atoms with Crippen LogP contribution in [0.15, 0.2) is 24.3 Å². The van der Waals surface area contributed by atoms with Gasteiger partial charge in [0, 0.05) is 24.9 Å². The average Bonchev–Trinajstić information content (AvgIpc) is 2.52. The minimum absolute atomic E-state index is 0.0531. The van der Waals surface area contributed by atoms with E-state index in [2.05, 4.69) is 5.32 Å². The lowest BCUT2D eigenvalue weighted by Crippen LogP contribution is -2.47. The van der Waals surface area contributed by atoms with Gasteiger partial charge in [-0.05, 0) is 44.0 Å². The molecule has 5 heteroatoms. The first-order valence-corrected chi connectivity index (χ1v) is 6.56. The Hall–Kier alpha value is -1.62. The first kappa shape index (κ1) is 13.8. The number of hydrogen-bond acceptors (Lipinski definition) is 3. The Bertz CT molecular complexity index is 436. The number of rotatable bonds is 3. The number of carbonyl (C=O) groups excluding carboxylic acids is 1. The van der Waals surface area contributed by atoms with Gasteiger partial charge in [0.05, 0.1) is 0 Å². The molecule has 2 rings (SSSR count). The Balaban J connectivity index is 2.34. The lowest BCUT2D eigenvalue weighted by Gasteiger charge is -2.35. The molecule has 1 aromatic rings. The van der Waals surface area contributed by atoms with Gasteiger partial charge in [0.15, 0.2) is 0 Å². The van der Waals surface area contributed by atoms with Gasteiger partial charge in [-0.15, -0.1) is 0 Å². The summed E-state index contributed by atoms with van der Waals surface area (Å²) in [5.41, 5.74) is 0.810. The summed E-state index contributed by atoms with van der Waals surface area (Å²) in [4.78, 5) is 14.0. The monoisotopic (exact) mass is 266 g/mol. The molecule has 2 unspecified atom stereocenters. The van der Waals surface area contributed by atoms with E-state index >= 15 is 0 Å². The van der Waals surface area contributed by atoms with Crippen molar-refractivity contribution in [1.29, 1.82) is 0 Å². The molecule has 1 aromatic carbocycles. The Morgan fingerprint density at radius 3 is 2.74 bits per heavy atom. The zero-order valence-corrected chi connectivity index (χ0v) is 11.0. The fourth-order valence-electron chi connectivity index (χ4n) is 2.53. The average molecular weight is 266 g/mol. The molecule has 4 nitrogen and oxygen atoms in total. The second kappa shape index (κ2) is 6.02. The van der Waals surface area contributed by atoms with Crippen molar-refractivity contribution in [2.45, 2.75) is 31.8 Å². The minimum Gasteiger partial charge on any atom is -0.396 e. The zero-order valence-electron chi connectivity index (χ0n) is 11.0. The number of nitrogens with zero attached hydrogens (tertiary/aromatic N) is 1. The molecule has 19 heavy (non-hydrogen) atoms. The van der Waals surface area contributed by atoms with Crippen molar-refractivity contribution in [2.24, 2.45) is 0 Å². The van der Waals surface area contributed by atoms with Gasteiger partial charge in [0.2, 0.25) is 5.91 Å². The van der Waals surface area contributed by atoms with Crippen LogP contribution in [0.5, 0.6) is 0 Å². The zero-order chi connectivity index (χ0) is 13.8. The third-order valence-electron chi connectivity index (χ3n) is 3.50. The van der Waals surface area contributed by atoms with Gasteiger partial charge in [-0.25, -0.2) is 4.39 Å². The number of nitrogens with one attached hydrogen (secondary N) is 1. The van der Waals surface area contributed by atoms with Crippen LogP contribution in [0.25, 0.3) is 0 Å². The fourth-order valence-corrected chi connectivity index (χ4v) is 2.53. The lowest BCUT2D eigenvalue weighted by atomic mass is 10.1. The van der Waals surface area contributed by atoms with Crippen LogP contribution >= 0.6 is 0 Å². The first-order valence-electron chi connectivity index (χ1n) is 6.56. The van der Waals surface area contributed by atoms with Gasteiger partial charge in [-0.1, -0.05) is 0 Å². The van der Waals surface area contributed by atoms with Crippen molar-refractivity contribution < 1.29 is 14.3 Å². The van der Waals surface area contributed by atoms with E-state index in [1.807, 2.05) is 11.8 Å². The number of carbonyl (C=O) groups is 1. The quantitative estimate of drug-likeness (QED) is 0.867. The molecule has 1 amide bonds. The van der Waals surface area contributed by atoms with Crippen molar-refractivity contribution in [3.05, 3.63) is 30.1 Å². The summed E-state index contributed by atoms with van der Waals surface area (Å²) in [5.74, 6) is -0.378. The van der Waals surface area contributed by atoms with Crippen molar-refractivity contribution in [3.63, 3.8) is 0 Å². The summed E-state index contributed by atoms with van der Waals surface area (Å²) >= 11 is 0. The van der Waals surface area contributed by atoms with Crippen LogP contribution in [0.2, 0.25) is 0 Å². The number of aliphatic hydroxyl groups excluding tert-OH is 1. The van der Waals surface area contributed by atoms with Crippen LogP contribution in [0.4, 0.5) is 10.1 Å². The van der Waals surface area contributed by atoms with E-state index in [1.54, 1.807) is 12.1 Å². The van der Waals surface area contributed by atoms with Crippen molar-refractivity contribution in [3.8, 4) is 0 Å². The fraction of sp³-hybridized carbons (Fsp3) is 0.500. The molecule has 2 atom stereocenters. The predicted molar refractivity (Wildman–Crippen MR) is 71.5 cm³/mol. The minimum atomic E-state index is -0.409. The number of benzene rings is 1. The SMILES string of the molecule is CC1CCNC(=O)C(CCO)N1c1ccc(F)cc1. The molecule has 0 aromatic heterocycles. The third kappa shape index (κ3) is 3.04. The highest BCUT2D eigenvalue weighted by atomic mass is 19.1. The third-order valence-corrected chi connectivity index (χ3v) is 3.50. The van der Waals surface area contributed by atoms with Crippen LogP contribution in [-0.2, 0) is 4.79 Å². The standard InChI is InChI=1S/C14H19FN2O2/c1-10-6-8-16-14(19)13(7-9-18)17(10)12-4-2-11(15)3-5-12/h2-5,10,13,18H,6-9H2,1H3,(H,16,19). The molecule has 0 saturated carbocycles. The van der Waals surface area contributed by atoms with Crippen LogP contribution in [0.3, 0.4) is 0 Å². The molecule has 1 aliphatic heterocycles. The number of aliphatic hydroxyl groups is 1. The molecule has 1 heterocycles. The molecule has 0 radical (unpaired) electrons. The van der Waals surface area contributed by atoms with Crippen LogP contribution < -0.4 is 10.2 Å². The molecule has 104 valence electrons. The maximum Gasteiger partial charge on any atom is 0.242 e. The van der Waals surface area contributed by atoms with E-state index < -0.39 is 6.04 Å². The topological polar surface area (TPSA) is 52.6 Å². The molecule has 1 aliphatic rings. The Morgan fingerprint density at radius 2 is 2.11 bits per heavy atom. The van der Waals surface area contributed by atoms with E-state index in [1.165, 1.54) is 12.1 Å². The summed E-state index contributed by atoms with van der Waals surface area (Å²) in [6.45, 7) is 2.61. The number of anilines is 1. The highest BCUT2D eigenvalue weighted by Crippen LogP contribution is 2.25. The highest BCUT2D eigenvalue weighted by molar-refractivity contribution is 5.85. The highest BCUT2D eigenvalue weighted by Gasteiger charge is 2.31. The van der Waals surface area contributed by atoms with Crippen molar-refractivity contribution >= 4 is 11.6 Å². The summed E-state index contributed by atoms with van der Waals surface area (Å²) in [7, 11) is 0. The summed E-state index contributed by atoms with van der Waals surface area (Å²) < 4.78 is 13.0. The molecule has 0 aliphatic carbocycles. The molecular weight excluding hydrogens is 247 g/mol. The van der Waals surface area contributed by atoms with Crippen molar-refractivity contribution in [1.82, 2.24) is 5.32 Å². The molecule has 1 saturated heterocycles. The van der Waals surface area contributed by atoms with E-state index in [0.717, 1.165) is 12.1 Å². The maximum absolute atomic E-state index is 13.0. The summed E-state index contributed by atoms with van der Waals surface area (Å²) in [5, 5.41) is 12.0. The van der Waals surface area contributed by atoms with E-state index in [0.29, 0.717) is 13.0 Å². The van der Waals surface area contributed by atoms with Crippen LogP contribution in [0.1, 0.15) is 19.8 Å². The normalized spacial score (nSPS) is 23.9.